The van der Waals surface area contributed by atoms with Crippen molar-refractivity contribution in [3.05, 3.63) is 29.6 Å². The highest BCUT2D eigenvalue weighted by Crippen LogP contribution is 2.39. The van der Waals surface area contributed by atoms with E-state index in [0.29, 0.717) is 11.3 Å². The van der Waals surface area contributed by atoms with Crippen molar-refractivity contribution in [3.8, 4) is 0 Å². The quantitative estimate of drug-likeness (QED) is 0.713. The van der Waals surface area contributed by atoms with Gasteiger partial charge in [0.05, 0.1) is 22.5 Å². The van der Waals surface area contributed by atoms with E-state index in [2.05, 4.69) is 11.9 Å². The molecule has 1 heterocycles. The van der Waals surface area contributed by atoms with Crippen molar-refractivity contribution in [1.29, 1.82) is 0 Å². The van der Waals surface area contributed by atoms with Crippen LogP contribution in [0.25, 0.3) is 11.0 Å². The molecule has 0 radical (unpaired) electrons. The molecule has 0 aliphatic heterocycles. The molecule has 2 aromatic rings. The molecule has 1 atom stereocenters. The van der Waals surface area contributed by atoms with Gasteiger partial charge in [-0.15, -0.1) is 11.6 Å². The molecule has 1 aromatic carbocycles. The van der Waals surface area contributed by atoms with Crippen LogP contribution >= 0.6 is 11.6 Å². The Kier molecular flexibility index (Phi) is 3.64. The second-order valence-electron chi connectivity index (χ2n) is 5.76. The summed E-state index contributed by atoms with van der Waals surface area (Å²) in [4.78, 5) is 4.29. The number of aromatic nitrogens is 2. The van der Waals surface area contributed by atoms with Gasteiger partial charge in [0.25, 0.3) is 0 Å². The van der Waals surface area contributed by atoms with Crippen LogP contribution in [0.1, 0.15) is 43.6 Å². The summed E-state index contributed by atoms with van der Waals surface area (Å²) in [7, 11) is 0. The second-order valence-corrected chi connectivity index (χ2v) is 6.03. The Bertz CT molecular complexity index is 659. The molecule has 0 spiro atoms. The van der Waals surface area contributed by atoms with Gasteiger partial charge < -0.3 is 4.57 Å². The van der Waals surface area contributed by atoms with Gasteiger partial charge in [-0.1, -0.05) is 12.8 Å². The molecule has 1 aliphatic carbocycles. The number of halogens is 4. The molecule has 0 saturated heterocycles. The summed E-state index contributed by atoms with van der Waals surface area (Å²) in [5.41, 5.74) is 0.422. The average molecular weight is 317 g/mol. The number of benzene rings is 1. The van der Waals surface area contributed by atoms with E-state index in [4.69, 9.17) is 11.6 Å². The molecule has 1 unspecified atom stereocenters. The van der Waals surface area contributed by atoms with Crippen LogP contribution in [0, 0.1) is 5.92 Å². The zero-order valence-corrected chi connectivity index (χ0v) is 12.4. The number of hydrogen-bond donors (Lipinski definition) is 0. The monoisotopic (exact) mass is 316 g/mol. The van der Waals surface area contributed by atoms with Crippen molar-refractivity contribution < 1.29 is 13.2 Å². The van der Waals surface area contributed by atoms with Gasteiger partial charge in [-0.3, -0.25) is 0 Å². The SMILES string of the molecule is CC(CC1CC1)n1c(CCl)nc2cc(C(F)(F)F)ccc21. The maximum Gasteiger partial charge on any atom is 0.416 e. The molecule has 0 bridgehead atoms. The van der Waals surface area contributed by atoms with Crippen molar-refractivity contribution >= 4 is 22.6 Å². The summed E-state index contributed by atoms with van der Waals surface area (Å²) < 4.78 is 40.3. The molecule has 1 fully saturated rings. The van der Waals surface area contributed by atoms with Crippen LogP contribution in [0.2, 0.25) is 0 Å². The van der Waals surface area contributed by atoms with Gasteiger partial charge in [-0.2, -0.15) is 13.2 Å². The molecule has 6 heteroatoms. The molecule has 1 aromatic heterocycles. The van der Waals surface area contributed by atoms with Crippen molar-refractivity contribution in [3.63, 3.8) is 0 Å². The van der Waals surface area contributed by atoms with Gasteiger partial charge in [0, 0.05) is 6.04 Å². The normalized spacial score (nSPS) is 17.4. The number of fused-ring (bicyclic) bond motifs is 1. The third-order valence-electron chi connectivity index (χ3n) is 4.02. The third-order valence-corrected chi connectivity index (χ3v) is 4.26. The minimum absolute atomic E-state index is 0.199. The summed E-state index contributed by atoms with van der Waals surface area (Å²) in [6.07, 6.45) is -0.841. The molecular formula is C15H16ClF3N2. The molecule has 1 aliphatic rings. The Hall–Kier alpha value is -1.23. The first-order chi connectivity index (χ1) is 9.90. The van der Waals surface area contributed by atoms with Crippen LogP contribution in [-0.4, -0.2) is 9.55 Å². The van der Waals surface area contributed by atoms with E-state index < -0.39 is 11.7 Å². The third kappa shape index (κ3) is 2.89. The molecule has 114 valence electrons. The van der Waals surface area contributed by atoms with Crippen LogP contribution < -0.4 is 0 Å². The maximum absolute atomic E-state index is 12.8. The van der Waals surface area contributed by atoms with Crippen LogP contribution in [0.3, 0.4) is 0 Å². The number of imidazole rings is 1. The smallest absolute Gasteiger partial charge is 0.324 e. The van der Waals surface area contributed by atoms with E-state index in [-0.39, 0.29) is 11.9 Å². The van der Waals surface area contributed by atoms with Gasteiger partial charge in [0.1, 0.15) is 5.82 Å². The second kappa shape index (κ2) is 5.20. The highest BCUT2D eigenvalue weighted by atomic mass is 35.5. The van der Waals surface area contributed by atoms with E-state index >= 15 is 0 Å². The summed E-state index contributed by atoms with van der Waals surface area (Å²) >= 11 is 5.92. The standard InChI is InChI=1S/C15H16ClF3N2/c1-9(6-10-2-3-10)21-13-5-4-11(15(17,18)19)7-12(13)20-14(21)8-16/h4-5,7,9-10H,2-3,6,8H2,1H3. The largest absolute Gasteiger partial charge is 0.416 e. The predicted octanol–water partition coefficient (Wildman–Crippen LogP) is 5.16. The molecular weight excluding hydrogens is 301 g/mol. The Morgan fingerprint density at radius 1 is 1.38 bits per heavy atom. The fourth-order valence-corrected chi connectivity index (χ4v) is 3.04. The predicted molar refractivity (Wildman–Crippen MR) is 76.3 cm³/mol. The van der Waals surface area contributed by atoms with Crippen LogP contribution in [0.15, 0.2) is 18.2 Å². The zero-order chi connectivity index (χ0) is 15.2. The lowest BCUT2D eigenvalue weighted by Crippen LogP contribution is -2.09. The fraction of sp³-hybridized carbons (Fsp3) is 0.533. The maximum atomic E-state index is 12.8. The fourth-order valence-electron chi connectivity index (χ4n) is 2.85. The van der Waals surface area contributed by atoms with Gasteiger partial charge in [-0.05, 0) is 37.5 Å². The molecule has 3 rings (SSSR count). The number of hydrogen-bond acceptors (Lipinski definition) is 1. The average Bonchev–Trinajstić information content (AvgIpc) is 3.14. The van der Waals surface area contributed by atoms with E-state index in [9.17, 15) is 13.2 Å². The van der Waals surface area contributed by atoms with Gasteiger partial charge in [0.2, 0.25) is 0 Å². The highest BCUT2D eigenvalue weighted by Gasteiger charge is 2.31. The first kappa shape index (κ1) is 14.7. The van der Waals surface area contributed by atoms with Crippen molar-refractivity contribution in [1.82, 2.24) is 9.55 Å². The zero-order valence-electron chi connectivity index (χ0n) is 11.6. The Morgan fingerprint density at radius 3 is 2.67 bits per heavy atom. The number of nitrogens with zero attached hydrogens (tertiary/aromatic N) is 2. The minimum atomic E-state index is -4.35. The lowest BCUT2D eigenvalue weighted by molar-refractivity contribution is -0.137. The number of rotatable bonds is 4. The van der Waals surface area contributed by atoms with Crippen LogP contribution in [0.4, 0.5) is 13.2 Å². The lowest BCUT2D eigenvalue weighted by Gasteiger charge is -2.17. The highest BCUT2D eigenvalue weighted by molar-refractivity contribution is 6.16. The summed E-state index contributed by atoms with van der Waals surface area (Å²) in [6, 6.07) is 3.92. The van der Waals surface area contributed by atoms with Crippen LogP contribution in [0.5, 0.6) is 0 Å². The topological polar surface area (TPSA) is 17.8 Å². The van der Waals surface area contributed by atoms with Crippen molar-refractivity contribution in [2.45, 2.75) is 44.3 Å². The molecule has 0 N–H and O–H groups in total. The molecule has 2 nitrogen and oxygen atoms in total. The van der Waals surface area contributed by atoms with E-state index in [0.717, 1.165) is 30.0 Å². The number of alkyl halides is 4. The first-order valence-corrected chi connectivity index (χ1v) is 7.57. The minimum Gasteiger partial charge on any atom is -0.324 e. The molecule has 21 heavy (non-hydrogen) atoms. The molecule has 0 amide bonds. The van der Waals surface area contributed by atoms with E-state index in [1.54, 1.807) is 0 Å². The summed E-state index contributed by atoms with van der Waals surface area (Å²) in [5.74, 6) is 1.57. The molecule has 1 saturated carbocycles. The Morgan fingerprint density at radius 2 is 2.10 bits per heavy atom. The lowest BCUT2D eigenvalue weighted by atomic mass is 10.1. The first-order valence-electron chi connectivity index (χ1n) is 7.04. The van der Waals surface area contributed by atoms with E-state index in [1.165, 1.54) is 18.9 Å². The summed E-state index contributed by atoms with van der Waals surface area (Å²) in [5, 5.41) is 0. The van der Waals surface area contributed by atoms with E-state index in [1.807, 2.05) is 4.57 Å². The van der Waals surface area contributed by atoms with Crippen molar-refractivity contribution in [2.24, 2.45) is 5.92 Å². The van der Waals surface area contributed by atoms with Gasteiger partial charge in [-0.25, -0.2) is 4.98 Å². The Labute approximate surface area is 125 Å². The van der Waals surface area contributed by atoms with Gasteiger partial charge in [0.15, 0.2) is 0 Å². The Balaban J connectivity index is 2.05. The van der Waals surface area contributed by atoms with Crippen molar-refractivity contribution in [2.75, 3.05) is 0 Å². The van der Waals surface area contributed by atoms with Crippen LogP contribution in [-0.2, 0) is 12.1 Å². The van der Waals surface area contributed by atoms with Gasteiger partial charge >= 0.3 is 6.18 Å². The summed E-state index contributed by atoms with van der Waals surface area (Å²) in [6.45, 7) is 2.08.